The van der Waals surface area contributed by atoms with Crippen LogP contribution < -0.4 is 0 Å². The summed E-state index contributed by atoms with van der Waals surface area (Å²) in [6.07, 6.45) is 4.00. The minimum absolute atomic E-state index is 0.749. The van der Waals surface area contributed by atoms with Gasteiger partial charge in [-0.2, -0.15) is 5.10 Å². The second kappa shape index (κ2) is 4.43. The number of para-hydroxylation sites is 1. The van der Waals surface area contributed by atoms with Crippen molar-refractivity contribution in [2.45, 2.75) is 12.8 Å². The third-order valence-electron chi connectivity index (χ3n) is 2.77. The average Bonchev–Trinajstić information content (AvgIpc) is 2.93. The zero-order valence-corrected chi connectivity index (χ0v) is 10.7. The van der Waals surface area contributed by atoms with Crippen LogP contribution in [0.15, 0.2) is 30.5 Å². The highest BCUT2D eigenvalue weighted by molar-refractivity contribution is 7.73. The molecule has 0 bridgehead atoms. The third kappa shape index (κ3) is 2.16. The van der Waals surface area contributed by atoms with Gasteiger partial charge in [0.05, 0.1) is 0 Å². The van der Waals surface area contributed by atoms with Crippen LogP contribution in [0.25, 0.3) is 10.9 Å². The molecule has 17 heavy (non-hydrogen) atoms. The lowest BCUT2D eigenvalue weighted by Crippen LogP contribution is -1.89. The van der Waals surface area contributed by atoms with Crippen molar-refractivity contribution in [3.05, 3.63) is 45.0 Å². The van der Waals surface area contributed by atoms with E-state index in [2.05, 4.69) is 39.6 Å². The topological polar surface area (TPSA) is 44.5 Å². The van der Waals surface area contributed by atoms with E-state index < -0.39 is 0 Å². The molecule has 2 N–H and O–H groups in total. The third-order valence-corrected chi connectivity index (χ3v) is 3.91. The molecule has 86 valence electrons. The molecule has 2 heterocycles. The summed E-state index contributed by atoms with van der Waals surface area (Å²) in [5.74, 6) is 0. The van der Waals surface area contributed by atoms with Crippen LogP contribution in [0, 0.1) is 3.95 Å². The van der Waals surface area contributed by atoms with Crippen LogP contribution in [0.2, 0.25) is 0 Å². The van der Waals surface area contributed by atoms with Gasteiger partial charge in [-0.15, -0.1) is 0 Å². The Labute approximate surface area is 108 Å². The molecule has 5 heteroatoms. The highest BCUT2D eigenvalue weighted by atomic mass is 32.1. The van der Waals surface area contributed by atoms with Gasteiger partial charge in [-0.25, -0.2) is 0 Å². The Kier molecular flexibility index (Phi) is 2.78. The van der Waals surface area contributed by atoms with E-state index in [4.69, 9.17) is 12.2 Å². The van der Waals surface area contributed by atoms with E-state index in [1.807, 2.05) is 6.07 Å². The molecule has 3 nitrogen and oxygen atoms in total. The average molecular weight is 261 g/mol. The maximum Gasteiger partial charge on any atom is 0.176 e. The summed E-state index contributed by atoms with van der Waals surface area (Å²) >= 11 is 6.57. The van der Waals surface area contributed by atoms with E-state index in [0.717, 1.165) is 21.8 Å². The van der Waals surface area contributed by atoms with Crippen LogP contribution in [-0.2, 0) is 12.8 Å². The summed E-state index contributed by atoms with van der Waals surface area (Å²) < 4.78 is 0.749. The number of hydrogen-bond donors (Lipinski definition) is 2. The van der Waals surface area contributed by atoms with Gasteiger partial charge in [0.1, 0.15) is 5.01 Å². The Morgan fingerprint density at radius 3 is 2.94 bits per heavy atom. The first-order valence-electron chi connectivity index (χ1n) is 5.42. The highest BCUT2D eigenvalue weighted by Gasteiger charge is 2.04. The molecule has 0 aliphatic carbocycles. The minimum Gasteiger partial charge on any atom is -0.361 e. The summed E-state index contributed by atoms with van der Waals surface area (Å²) in [4.78, 5) is 3.28. The number of nitrogens with one attached hydrogen (secondary N) is 2. The normalized spacial score (nSPS) is 11.1. The quantitative estimate of drug-likeness (QED) is 0.709. The lowest BCUT2D eigenvalue weighted by molar-refractivity contribution is 0.907. The number of rotatable bonds is 3. The molecule has 0 radical (unpaired) electrons. The maximum absolute atomic E-state index is 5.02. The molecule has 2 aromatic heterocycles. The molecule has 0 saturated heterocycles. The lowest BCUT2D eigenvalue weighted by atomic mass is 10.1. The van der Waals surface area contributed by atoms with Crippen LogP contribution in [0.3, 0.4) is 0 Å². The predicted octanol–water partition coefficient (Wildman–Crippen LogP) is 3.47. The first-order valence-corrected chi connectivity index (χ1v) is 6.65. The Hall–Kier alpha value is -1.46. The van der Waals surface area contributed by atoms with E-state index in [0.29, 0.717) is 0 Å². The van der Waals surface area contributed by atoms with Crippen molar-refractivity contribution in [3.8, 4) is 0 Å². The number of nitrogens with zero attached hydrogens (tertiary/aromatic N) is 1. The SMILES string of the molecule is S=c1[nH]nc(CCc2c[nH]c3ccccc23)s1. The molecule has 0 amide bonds. The molecule has 0 unspecified atom stereocenters. The van der Waals surface area contributed by atoms with Crippen LogP contribution >= 0.6 is 23.6 Å². The molecular formula is C12H11N3S2. The van der Waals surface area contributed by atoms with Crippen LogP contribution in [0.4, 0.5) is 0 Å². The molecule has 0 atom stereocenters. The van der Waals surface area contributed by atoms with Crippen molar-refractivity contribution in [2.75, 3.05) is 0 Å². The van der Waals surface area contributed by atoms with E-state index in [9.17, 15) is 0 Å². The van der Waals surface area contributed by atoms with Crippen LogP contribution in [0.5, 0.6) is 0 Å². The second-order valence-electron chi connectivity index (χ2n) is 3.87. The van der Waals surface area contributed by atoms with Gasteiger partial charge in [0, 0.05) is 23.5 Å². The van der Waals surface area contributed by atoms with Crippen molar-refractivity contribution < 1.29 is 0 Å². The molecule has 0 spiro atoms. The van der Waals surface area contributed by atoms with Gasteiger partial charge in [-0.05, 0) is 30.3 Å². The molecule has 0 fully saturated rings. The first-order chi connectivity index (χ1) is 8.33. The number of aromatic nitrogens is 3. The number of benzene rings is 1. The molecule has 0 saturated carbocycles. The van der Waals surface area contributed by atoms with E-state index >= 15 is 0 Å². The standard InChI is InChI=1S/C12H11N3S2/c16-12-15-14-11(17-12)6-5-8-7-13-10-4-2-1-3-9(8)10/h1-4,7,13H,5-6H2,(H,15,16). The summed E-state index contributed by atoms with van der Waals surface area (Å²) in [5.41, 5.74) is 2.53. The van der Waals surface area contributed by atoms with Crippen LogP contribution in [0.1, 0.15) is 10.6 Å². The van der Waals surface area contributed by atoms with E-state index in [1.165, 1.54) is 16.5 Å². The molecule has 3 rings (SSSR count). The van der Waals surface area contributed by atoms with Crippen molar-refractivity contribution in [1.29, 1.82) is 0 Å². The summed E-state index contributed by atoms with van der Waals surface area (Å²) in [6, 6.07) is 8.35. The minimum atomic E-state index is 0.749. The number of aryl methyl sites for hydroxylation is 2. The summed E-state index contributed by atoms with van der Waals surface area (Å²) in [7, 11) is 0. The van der Waals surface area contributed by atoms with Crippen molar-refractivity contribution >= 4 is 34.5 Å². The molecular weight excluding hydrogens is 250 g/mol. The van der Waals surface area contributed by atoms with Gasteiger partial charge >= 0.3 is 0 Å². The molecule has 0 aliphatic heterocycles. The molecule has 0 aliphatic rings. The maximum atomic E-state index is 5.02. The highest BCUT2D eigenvalue weighted by Crippen LogP contribution is 2.19. The van der Waals surface area contributed by atoms with Gasteiger partial charge in [0.2, 0.25) is 0 Å². The van der Waals surface area contributed by atoms with Gasteiger partial charge in [-0.1, -0.05) is 29.5 Å². The number of aromatic amines is 2. The Morgan fingerprint density at radius 1 is 1.24 bits per heavy atom. The predicted molar refractivity (Wildman–Crippen MR) is 73.0 cm³/mol. The van der Waals surface area contributed by atoms with E-state index in [1.54, 1.807) is 11.3 Å². The van der Waals surface area contributed by atoms with E-state index in [-0.39, 0.29) is 0 Å². The zero-order chi connectivity index (χ0) is 11.7. The monoisotopic (exact) mass is 261 g/mol. The fourth-order valence-electron chi connectivity index (χ4n) is 1.95. The fraction of sp³-hybridized carbons (Fsp3) is 0.167. The van der Waals surface area contributed by atoms with Gasteiger partial charge < -0.3 is 4.98 Å². The van der Waals surface area contributed by atoms with Crippen molar-refractivity contribution in [2.24, 2.45) is 0 Å². The fourth-order valence-corrected chi connectivity index (χ4v) is 2.88. The van der Waals surface area contributed by atoms with Crippen molar-refractivity contribution in [1.82, 2.24) is 15.2 Å². The lowest BCUT2D eigenvalue weighted by Gasteiger charge is -1.96. The Balaban J connectivity index is 1.83. The number of hydrogen-bond acceptors (Lipinski definition) is 3. The van der Waals surface area contributed by atoms with Gasteiger partial charge in [0.25, 0.3) is 0 Å². The molecule has 1 aromatic carbocycles. The Bertz CT molecular complexity index is 693. The zero-order valence-electron chi connectivity index (χ0n) is 9.06. The number of fused-ring (bicyclic) bond motifs is 1. The largest absolute Gasteiger partial charge is 0.361 e. The second-order valence-corrected chi connectivity index (χ2v) is 5.62. The van der Waals surface area contributed by atoms with Crippen LogP contribution in [-0.4, -0.2) is 15.2 Å². The number of H-pyrrole nitrogens is 2. The smallest absolute Gasteiger partial charge is 0.176 e. The van der Waals surface area contributed by atoms with Crippen molar-refractivity contribution in [3.63, 3.8) is 0 Å². The van der Waals surface area contributed by atoms with Gasteiger partial charge in [0.15, 0.2) is 3.95 Å². The van der Waals surface area contributed by atoms with Gasteiger partial charge in [-0.3, -0.25) is 5.10 Å². The first kappa shape index (κ1) is 10.7. The Morgan fingerprint density at radius 2 is 2.12 bits per heavy atom. The molecule has 3 aromatic rings. The summed E-state index contributed by atoms with van der Waals surface area (Å²) in [6.45, 7) is 0. The summed E-state index contributed by atoms with van der Waals surface area (Å²) in [5, 5.41) is 9.35.